The monoisotopic (exact) mass is 790 g/mol. The van der Waals surface area contributed by atoms with Gasteiger partial charge in [0.05, 0.1) is 44.0 Å². The zero-order chi connectivity index (χ0) is 41.1. The van der Waals surface area contributed by atoms with Crippen LogP contribution in [0.3, 0.4) is 0 Å². The fourth-order valence-electron chi connectivity index (χ4n) is 5.86. The number of aliphatic hydroxyl groups excluding tert-OH is 1. The van der Waals surface area contributed by atoms with Crippen molar-refractivity contribution in [2.45, 2.75) is 98.3 Å². The number of methoxy groups -OCH3 is 2. The predicted octanol–water partition coefficient (Wildman–Crippen LogP) is 1.20. The fraction of sp³-hybridized carbons (Fsp3) is 0.500. The molecule has 0 unspecified atom stereocenters. The summed E-state index contributed by atoms with van der Waals surface area (Å²) in [5, 5.41) is 28.6. The Balaban J connectivity index is 0.000000485. The third-order valence-electron chi connectivity index (χ3n) is 8.22. The molecule has 0 saturated heterocycles. The third kappa shape index (κ3) is 15.0. The Hall–Kier alpha value is -4.28. The Morgan fingerprint density at radius 2 is 1.43 bits per heavy atom. The van der Waals surface area contributed by atoms with E-state index in [1.54, 1.807) is 35.0 Å². The Bertz CT molecular complexity index is 1820. The molecule has 0 spiro atoms. The van der Waals surface area contributed by atoms with Crippen LogP contribution in [-0.2, 0) is 16.0 Å². The fourth-order valence-corrected chi connectivity index (χ4v) is 5.86. The molecule has 1 aromatic heterocycles. The van der Waals surface area contributed by atoms with Crippen molar-refractivity contribution in [2.24, 2.45) is 0 Å². The molecule has 0 radical (unpaired) electrons. The summed E-state index contributed by atoms with van der Waals surface area (Å²) in [7, 11) is 3.25. The molecule has 0 bridgehead atoms. The van der Waals surface area contributed by atoms with Crippen molar-refractivity contribution < 1.29 is 63.6 Å². The summed E-state index contributed by atoms with van der Waals surface area (Å²) in [5.74, 6) is 2.07. The minimum Gasteiger partial charge on any atom is -0.855 e. The molecule has 304 valence electrons. The minimum atomic E-state index is -0.413. The Labute approximate surface area is 351 Å². The van der Waals surface area contributed by atoms with Crippen LogP contribution in [-0.4, -0.2) is 66.7 Å². The standard InChI is InChI=1S/C19H27N3O4.C17H21N3O3.C2H6O.C2H5O.Na/c1-5-26-18(23)15-9-10-16(13-7-6-8-14(11-13)25-4)21-17(15)22-19(24)20-12(2)3;1-10(2)20-16(21)13-7-8-14(18-15(13)19-17(20)22)11-5-4-6-12(9-11)23-3;2*1-2-3;/h6-8,11-12,16,21H,5,9-10H2,1-4H3,(H2,20,22,24);4-6,9-10,14,18H,7-8H2,1-3H3,(H,19,22);3H,2H2,1H3;2H2,1H3;/q;;;-1;+1/t16-;14-;;;/m11.../s1. The maximum Gasteiger partial charge on any atom is 1.00 e. The summed E-state index contributed by atoms with van der Waals surface area (Å²) in [5.41, 5.74) is 2.62. The SMILES string of the molecule is CCO.CCOC(=O)C1=C(NC(=O)NC(C)C)N[C@@H](c2cccc(OC)c2)CC1.CC[O-].COc1cccc([C@H]2CCc3c([nH]c(=O)n(C(C)C)c3=O)N2)c1.[Na+]. The number of fused-ring (bicyclic) bond motifs is 1. The molecule has 2 aromatic carbocycles. The van der Waals surface area contributed by atoms with Gasteiger partial charge < -0.3 is 40.4 Å². The van der Waals surface area contributed by atoms with Crippen molar-refractivity contribution in [2.75, 3.05) is 39.4 Å². The first-order valence-corrected chi connectivity index (χ1v) is 18.6. The number of H-pyrrole nitrogens is 1. The third-order valence-corrected chi connectivity index (χ3v) is 8.22. The van der Waals surface area contributed by atoms with Gasteiger partial charge in [-0.1, -0.05) is 31.2 Å². The number of esters is 1. The quantitative estimate of drug-likeness (QED) is 0.134. The second-order valence-corrected chi connectivity index (χ2v) is 13.0. The molecule has 5 rings (SSSR count). The van der Waals surface area contributed by atoms with Crippen LogP contribution in [0, 0.1) is 0 Å². The van der Waals surface area contributed by atoms with Gasteiger partial charge in [0.25, 0.3) is 5.56 Å². The van der Waals surface area contributed by atoms with Crippen LogP contribution in [0.4, 0.5) is 10.6 Å². The number of nitrogens with zero attached hydrogens (tertiary/aromatic N) is 1. The van der Waals surface area contributed by atoms with E-state index in [2.05, 4.69) is 26.3 Å². The molecule has 3 aromatic rings. The Morgan fingerprint density at radius 3 is 1.91 bits per heavy atom. The van der Waals surface area contributed by atoms with Crippen molar-refractivity contribution in [3.05, 3.63) is 97.5 Å². The molecule has 16 heteroatoms. The van der Waals surface area contributed by atoms with Gasteiger partial charge in [-0.2, -0.15) is 0 Å². The first kappa shape index (κ1) is 49.7. The van der Waals surface area contributed by atoms with Gasteiger partial charge in [-0.05, 0) is 103 Å². The molecule has 56 heavy (non-hydrogen) atoms. The number of hydrogen-bond donors (Lipinski definition) is 6. The van der Waals surface area contributed by atoms with Crippen LogP contribution in [0.25, 0.3) is 0 Å². The average Bonchev–Trinajstić information content (AvgIpc) is 3.15. The molecule has 0 saturated carbocycles. The number of nitrogens with one attached hydrogen (secondary N) is 5. The first-order valence-electron chi connectivity index (χ1n) is 18.6. The topological polar surface area (TPSA) is 208 Å². The van der Waals surface area contributed by atoms with Gasteiger partial charge in [-0.15, -0.1) is 6.61 Å². The molecule has 2 aliphatic rings. The summed E-state index contributed by atoms with van der Waals surface area (Å²) < 4.78 is 16.9. The van der Waals surface area contributed by atoms with E-state index in [0.29, 0.717) is 42.0 Å². The van der Waals surface area contributed by atoms with Crippen molar-refractivity contribution in [1.82, 2.24) is 25.5 Å². The maximum absolute atomic E-state index is 12.5. The number of aromatic nitrogens is 2. The van der Waals surface area contributed by atoms with E-state index in [-0.39, 0.29) is 90.8 Å². The van der Waals surface area contributed by atoms with Gasteiger partial charge in [-0.3, -0.25) is 19.7 Å². The first-order chi connectivity index (χ1) is 26.3. The van der Waals surface area contributed by atoms with Crippen LogP contribution in [0.5, 0.6) is 11.5 Å². The van der Waals surface area contributed by atoms with E-state index in [0.717, 1.165) is 29.0 Å². The van der Waals surface area contributed by atoms with Crippen molar-refractivity contribution in [3.8, 4) is 11.5 Å². The second-order valence-electron chi connectivity index (χ2n) is 13.0. The number of anilines is 1. The molecule has 2 amide bonds. The summed E-state index contributed by atoms with van der Waals surface area (Å²) in [4.78, 5) is 51.8. The van der Waals surface area contributed by atoms with Gasteiger partial charge in [0.15, 0.2) is 0 Å². The number of aliphatic hydroxyl groups is 1. The minimum absolute atomic E-state index is 0. The summed E-state index contributed by atoms with van der Waals surface area (Å²) in [6, 6.07) is 15.0. The number of amides is 2. The zero-order valence-electron chi connectivity index (χ0n) is 34.5. The second kappa shape index (κ2) is 25.8. The van der Waals surface area contributed by atoms with E-state index < -0.39 is 5.97 Å². The molecule has 0 aliphatic carbocycles. The average molecular weight is 791 g/mol. The Kier molecular flexibility index (Phi) is 22.9. The van der Waals surface area contributed by atoms with E-state index in [9.17, 15) is 19.2 Å². The normalized spacial score (nSPS) is 15.3. The van der Waals surface area contributed by atoms with Crippen LogP contribution < -0.4 is 76.7 Å². The van der Waals surface area contributed by atoms with Crippen LogP contribution in [0.2, 0.25) is 0 Å². The van der Waals surface area contributed by atoms with Crippen LogP contribution in [0.1, 0.15) is 103 Å². The van der Waals surface area contributed by atoms with E-state index in [4.69, 9.17) is 24.4 Å². The number of carbonyl (C=O) groups is 2. The predicted molar refractivity (Wildman–Crippen MR) is 211 cm³/mol. The molecule has 0 fully saturated rings. The number of hydrogen-bond acceptors (Lipinski definition) is 11. The smallest absolute Gasteiger partial charge is 0.855 e. The molecule has 2 atom stereocenters. The number of aromatic amines is 1. The van der Waals surface area contributed by atoms with Gasteiger partial charge in [0.1, 0.15) is 23.1 Å². The van der Waals surface area contributed by atoms with Crippen LogP contribution in [0.15, 0.2) is 69.5 Å². The summed E-state index contributed by atoms with van der Waals surface area (Å²) >= 11 is 0. The van der Waals surface area contributed by atoms with E-state index in [1.165, 1.54) is 4.57 Å². The Morgan fingerprint density at radius 1 is 0.911 bits per heavy atom. The van der Waals surface area contributed by atoms with Gasteiger partial charge in [0.2, 0.25) is 0 Å². The number of benzene rings is 2. The van der Waals surface area contributed by atoms with Crippen molar-refractivity contribution in [3.63, 3.8) is 0 Å². The van der Waals surface area contributed by atoms with Gasteiger partial charge >= 0.3 is 47.2 Å². The largest absolute Gasteiger partial charge is 1.00 e. The molecule has 2 aliphatic heterocycles. The van der Waals surface area contributed by atoms with Crippen LogP contribution >= 0.6 is 0 Å². The number of urea groups is 1. The van der Waals surface area contributed by atoms with Gasteiger partial charge in [0, 0.05) is 18.7 Å². The maximum atomic E-state index is 12.5. The number of carbonyl (C=O) groups excluding carboxylic acids is 2. The molecule has 3 heterocycles. The van der Waals surface area contributed by atoms with Crippen molar-refractivity contribution in [1.29, 1.82) is 0 Å². The summed E-state index contributed by atoms with van der Waals surface area (Å²) in [6.45, 7) is 12.9. The molecule has 6 N–H and O–H groups in total. The number of ether oxygens (including phenoxy) is 3. The molecule has 15 nitrogen and oxygen atoms in total. The molecular formula is C40H59N6NaO9. The van der Waals surface area contributed by atoms with E-state index in [1.807, 2.05) is 76.2 Å². The number of rotatable bonds is 9. The molecular weight excluding hydrogens is 731 g/mol. The summed E-state index contributed by atoms with van der Waals surface area (Å²) in [6.07, 6.45) is 2.63. The van der Waals surface area contributed by atoms with E-state index >= 15 is 0 Å². The van der Waals surface area contributed by atoms with Crippen molar-refractivity contribution >= 4 is 17.8 Å². The van der Waals surface area contributed by atoms with Gasteiger partial charge in [-0.25, -0.2) is 14.4 Å². The zero-order valence-corrected chi connectivity index (χ0v) is 36.5.